The number of pyridine rings is 1. The van der Waals surface area contributed by atoms with Crippen molar-refractivity contribution in [3.63, 3.8) is 0 Å². The fraction of sp³-hybridized carbons (Fsp3) is 0.214. The molecule has 0 radical (unpaired) electrons. The van der Waals surface area contributed by atoms with E-state index in [1.165, 1.54) is 0 Å². The number of rotatable bonds is 3. The van der Waals surface area contributed by atoms with Crippen molar-refractivity contribution in [2.75, 3.05) is 7.05 Å². The second kappa shape index (κ2) is 5.40. The Kier molecular flexibility index (Phi) is 3.85. The Hall–Kier alpha value is -1.88. The Bertz CT molecular complexity index is 559. The molecule has 1 aromatic heterocycles. The van der Waals surface area contributed by atoms with Crippen LogP contribution in [0.15, 0.2) is 30.5 Å². The van der Waals surface area contributed by atoms with E-state index in [0.29, 0.717) is 17.7 Å². The maximum Gasteiger partial charge on any atom is 0.134 e. The van der Waals surface area contributed by atoms with Crippen molar-refractivity contribution in [1.29, 1.82) is 0 Å². The van der Waals surface area contributed by atoms with Gasteiger partial charge in [0.1, 0.15) is 17.5 Å². The lowest BCUT2D eigenvalue weighted by Crippen LogP contribution is -2.21. The molecule has 100 valence electrons. The van der Waals surface area contributed by atoms with Gasteiger partial charge >= 0.3 is 0 Å². The quantitative estimate of drug-likeness (QED) is 0.923. The Labute approximate surface area is 109 Å². The maximum atomic E-state index is 13.8. The first kappa shape index (κ1) is 13.5. The van der Waals surface area contributed by atoms with Gasteiger partial charge in [0.05, 0.1) is 6.04 Å². The summed E-state index contributed by atoms with van der Waals surface area (Å²) in [6, 6.07) is 4.10. The molecular formula is C14H13F3N2. The summed E-state index contributed by atoms with van der Waals surface area (Å²) in [4.78, 5) is 4.09. The summed E-state index contributed by atoms with van der Waals surface area (Å²) in [5.41, 5.74) is 1.20. The van der Waals surface area contributed by atoms with E-state index in [0.717, 1.165) is 5.69 Å². The highest BCUT2D eigenvalue weighted by Gasteiger charge is 2.21. The molecule has 2 nitrogen and oxygen atoms in total. The first-order chi connectivity index (χ1) is 9.02. The standard InChI is InChI=1S/C14H13F3N2/c1-8-3-4-9(7-19-8)14(18-2)13-11(16)5-10(15)6-12(13)17/h3-7,14,18H,1-2H3. The normalized spacial score (nSPS) is 12.5. The number of benzene rings is 1. The summed E-state index contributed by atoms with van der Waals surface area (Å²) in [6.45, 7) is 1.82. The van der Waals surface area contributed by atoms with Gasteiger partial charge in [0, 0.05) is 29.6 Å². The molecule has 1 N–H and O–H groups in total. The van der Waals surface area contributed by atoms with Crippen molar-refractivity contribution < 1.29 is 13.2 Å². The SMILES string of the molecule is CNC(c1ccc(C)nc1)c1c(F)cc(F)cc1F. The van der Waals surface area contributed by atoms with Crippen molar-refractivity contribution in [1.82, 2.24) is 10.3 Å². The molecule has 0 saturated carbocycles. The highest BCUT2D eigenvalue weighted by Crippen LogP contribution is 2.27. The molecule has 5 heteroatoms. The first-order valence-corrected chi connectivity index (χ1v) is 5.77. The second-order valence-electron chi connectivity index (χ2n) is 4.24. The van der Waals surface area contributed by atoms with Crippen molar-refractivity contribution in [3.8, 4) is 0 Å². The number of halogens is 3. The molecule has 0 saturated heterocycles. The molecule has 0 bridgehead atoms. The topological polar surface area (TPSA) is 24.9 Å². The fourth-order valence-corrected chi connectivity index (χ4v) is 1.96. The zero-order valence-electron chi connectivity index (χ0n) is 10.5. The van der Waals surface area contributed by atoms with E-state index in [4.69, 9.17) is 0 Å². The summed E-state index contributed by atoms with van der Waals surface area (Å²) in [6.07, 6.45) is 1.54. The first-order valence-electron chi connectivity index (χ1n) is 5.77. The van der Waals surface area contributed by atoms with E-state index in [9.17, 15) is 13.2 Å². The predicted octanol–water partition coefficient (Wildman–Crippen LogP) is 3.12. The summed E-state index contributed by atoms with van der Waals surface area (Å²) in [5.74, 6) is -2.77. The molecule has 1 heterocycles. The Morgan fingerprint density at radius 3 is 2.21 bits per heavy atom. The average Bonchev–Trinajstić information content (AvgIpc) is 2.35. The molecule has 1 atom stereocenters. The van der Waals surface area contributed by atoms with Gasteiger partial charge in [0.15, 0.2) is 0 Å². The molecule has 0 fully saturated rings. The highest BCUT2D eigenvalue weighted by atomic mass is 19.1. The van der Waals surface area contributed by atoms with E-state index in [-0.39, 0.29) is 5.56 Å². The Morgan fingerprint density at radius 2 is 1.74 bits per heavy atom. The van der Waals surface area contributed by atoms with Crippen LogP contribution in [0, 0.1) is 24.4 Å². The third-order valence-corrected chi connectivity index (χ3v) is 2.89. The van der Waals surface area contributed by atoms with Crippen LogP contribution in [-0.2, 0) is 0 Å². The van der Waals surface area contributed by atoms with Crippen LogP contribution in [0.4, 0.5) is 13.2 Å². The lowest BCUT2D eigenvalue weighted by atomic mass is 9.99. The molecule has 1 aromatic carbocycles. The molecule has 0 amide bonds. The van der Waals surface area contributed by atoms with Crippen molar-refractivity contribution in [2.45, 2.75) is 13.0 Å². The highest BCUT2D eigenvalue weighted by molar-refractivity contribution is 5.33. The third kappa shape index (κ3) is 2.76. The molecule has 0 aliphatic rings. The van der Waals surface area contributed by atoms with Gasteiger partial charge in [-0.05, 0) is 25.6 Å². The summed E-state index contributed by atoms with van der Waals surface area (Å²) in [5, 5.41) is 2.81. The minimum absolute atomic E-state index is 0.213. The maximum absolute atomic E-state index is 13.8. The number of nitrogens with one attached hydrogen (secondary N) is 1. The van der Waals surface area contributed by atoms with Crippen LogP contribution >= 0.6 is 0 Å². The van der Waals surface area contributed by atoms with E-state index in [1.807, 2.05) is 6.92 Å². The van der Waals surface area contributed by atoms with Crippen LogP contribution in [0.1, 0.15) is 22.9 Å². The van der Waals surface area contributed by atoms with Crippen LogP contribution in [0.3, 0.4) is 0 Å². The van der Waals surface area contributed by atoms with Crippen LogP contribution in [0.25, 0.3) is 0 Å². The van der Waals surface area contributed by atoms with Crippen LogP contribution in [-0.4, -0.2) is 12.0 Å². The summed E-state index contributed by atoms with van der Waals surface area (Å²) >= 11 is 0. The summed E-state index contributed by atoms with van der Waals surface area (Å²) < 4.78 is 40.5. The zero-order valence-corrected chi connectivity index (χ0v) is 10.5. The van der Waals surface area contributed by atoms with Crippen LogP contribution in [0.2, 0.25) is 0 Å². The Balaban J connectivity index is 2.51. The van der Waals surface area contributed by atoms with Crippen molar-refractivity contribution in [3.05, 3.63) is 64.7 Å². The Morgan fingerprint density at radius 1 is 1.11 bits per heavy atom. The largest absolute Gasteiger partial charge is 0.309 e. The predicted molar refractivity (Wildman–Crippen MR) is 66.2 cm³/mol. The van der Waals surface area contributed by atoms with E-state index in [1.54, 1.807) is 25.4 Å². The minimum atomic E-state index is -0.935. The van der Waals surface area contributed by atoms with E-state index < -0.39 is 23.5 Å². The smallest absolute Gasteiger partial charge is 0.134 e. The zero-order chi connectivity index (χ0) is 14.0. The second-order valence-corrected chi connectivity index (χ2v) is 4.24. The van der Waals surface area contributed by atoms with E-state index in [2.05, 4.69) is 10.3 Å². The molecule has 1 unspecified atom stereocenters. The van der Waals surface area contributed by atoms with Gasteiger partial charge in [-0.15, -0.1) is 0 Å². The van der Waals surface area contributed by atoms with Gasteiger partial charge in [-0.25, -0.2) is 13.2 Å². The number of nitrogens with zero attached hydrogens (tertiary/aromatic N) is 1. The van der Waals surface area contributed by atoms with Gasteiger partial charge in [-0.2, -0.15) is 0 Å². The molecule has 0 spiro atoms. The molecule has 19 heavy (non-hydrogen) atoms. The third-order valence-electron chi connectivity index (χ3n) is 2.89. The number of aryl methyl sites for hydroxylation is 1. The molecule has 2 rings (SSSR count). The molecular weight excluding hydrogens is 253 g/mol. The van der Waals surface area contributed by atoms with Gasteiger partial charge in [0.25, 0.3) is 0 Å². The van der Waals surface area contributed by atoms with Gasteiger partial charge in [0.2, 0.25) is 0 Å². The average molecular weight is 266 g/mol. The fourth-order valence-electron chi connectivity index (χ4n) is 1.96. The molecule has 0 aliphatic heterocycles. The molecule has 0 aliphatic carbocycles. The monoisotopic (exact) mass is 266 g/mol. The van der Waals surface area contributed by atoms with E-state index >= 15 is 0 Å². The lowest BCUT2D eigenvalue weighted by Gasteiger charge is -2.18. The van der Waals surface area contributed by atoms with Crippen LogP contribution < -0.4 is 5.32 Å². The number of aromatic nitrogens is 1. The number of hydrogen-bond donors (Lipinski definition) is 1. The lowest BCUT2D eigenvalue weighted by molar-refractivity contribution is 0.499. The van der Waals surface area contributed by atoms with Crippen molar-refractivity contribution in [2.24, 2.45) is 0 Å². The van der Waals surface area contributed by atoms with Gasteiger partial charge in [-0.3, -0.25) is 4.98 Å². The number of hydrogen-bond acceptors (Lipinski definition) is 2. The van der Waals surface area contributed by atoms with Gasteiger partial charge < -0.3 is 5.32 Å². The summed E-state index contributed by atoms with van der Waals surface area (Å²) in [7, 11) is 1.58. The molecule has 2 aromatic rings. The van der Waals surface area contributed by atoms with Crippen LogP contribution in [0.5, 0.6) is 0 Å². The van der Waals surface area contributed by atoms with Gasteiger partial charge in [-0.1, -0.05) is 6.07 Å². The van der Waals surface area contributed by atoms with Crippen molar-refractivity contribution >= 4 is 0 Å². The minimum Gasteiger partial charge on any atom is -0.309 e.